The van der Waals surface area contributed by atoms with Crippen molar-refractivity contribution in [2.45, 2.75) is 19.1 Å². The van der Waals surface area contributed by atoms with Crippen LogP contribution in [-0.4, -0.2) is 19.9 Å². The molecule has 0 spiro atoms. The summed E-state index contributed by atoms with van der Waals surface area (Å²) in [4.78, 5) is 4.10. The second kappa shape index (κ2) is 3.17. The molecule has 1 aliphatic heterocycles. The lowest BCUT2D eigenvalue weighted by Gasteiger charge is -2.09. The number of aliphatic hydroxyl groups excluding tert-OH is 1. The summed E-state index contributed by atoms with van der Waals surface area (Å²) in [7, 11) is 0. The van der Waals surface area contributed by atoms with Crippen LogP contribution in [0, 0.1) is 0 Å². The summed E-state index contributed by atoms with van der Waals surface area (Å²) >= 11 is 0. The van der Waals surface area contributed by atoms with Gasteiger partial charge in [0.2, 0.25) is 0 Å². The number of rotatable bonds is 0. The Morgan fingerprint density at radius 3 is 3.13 bits per heavy atom. The molecule has 1 N–H and O–H groups in total. The van der Waals surface area contributed by atoms with Gasteiger partial charge in [0, 0.05) is 6.54 Å². The van der Waals surface area contributed by atoms with E-state index in [1.54, 1.807) is 4.68 Å². The molecule has 1 aromatic heterocycles. The lowest BCUT2D eigenvalue weighted by Crippen LogP contribution is -2.08. The Kier molecular flexibility index (Phi) is 1.82. The van der Waals surface area contributed by atoms with Crippen molar-refractivity contribution >= 4 is 0 Å². The fraction of sp³-hybridized carbons (Fsp3) is 0.273. The maximum absolute atomic E-state index is 10.2. The maximum Gasteiger partial charge on any atom is 0.160 e. The molecule has 0 amide bonds. The van der Waals surface area contributed by atoms with Gasteiger partial charge < -0.3 is 5.11 Å². The van der Waals surface area contributed by atoms with Gasteiger partial charge in [-0.2, -0.15) is 5.10 Å². The first-order chi connectivity index (χ1) is 7.36. The topological polar surface area (TPSA) is 50.9 Å². The second-order valence-corrected chi connectivity index (χ2v) is 3.69. The standard InChI is InChI=1S/C11H11N3O/c15-10-9-4-2-1-3-8(9)5-6-14-11(10)12-7-13-14/h1-4,7,10,15H,5-6H2. The van der Waals surface area contributed by atoms with Crippen LogP contribution in [0.25, 0.3) is 0 Å². The van der Waals surface area contributed by atoms with Crippen LogP contribution in [0.4, 0.5) is 0 Å². The Bertz CT molecular complexity index is 492. The molecular formula is C11H11N3O. The third-order valence-electron chi connectivity index (χ3n) is 2.83. The molecule has 1 unspecified atom stereocenters. The van der Waals surface area contributed by atoms with Crippen molar-refractivity contribution in [3.05, 3.63) is 47.5 Å². The zero-order chi connectivity index (χ0) is 10.3. The van der Waals surface area contributed by atoms with Gasteiger partial charge in [-0.1, -0.05) is 24.3 Å². The predicted molar refractivity (Wildman–Crippen MR) is 54.2 cm³/mol. The monoisotopic (exact) mass is 201 g/mol. The van der Waals surface area contributed by atoms with Crippen LogP contribution in [0.3, 0.4) is 0 Å². The highest BCUT2D eigenvalue weighted by Crippen LogP contribution is 2.26. The number of hydrogen-bond acceptors (Lipinski definition) is 3. The number of aryl methyl sites for hydroxylation is 2. The molecule has 0 fully saturated rings. The maximum atomic E-state index is 10.2. The highest BCUT2D eigenvalue weighted by molar-refractivity contribution is 5.33. The Morgan fingerprint density at radius 2 is 2.20 bits per heavy atom. The average Bonchev–Trinajstić information content (AvgIpc) is 2.69. The van der Waals surface area contributed by atoms with Gasteiger partial charge >= 0.3 is 0 Å². The van der Waals surface area contributed by atoms with E-state index in [2.05, 4.69) is 10.1 Å². The first-order valence-electron chi connectivity index (χ1n) is 5.00. The van der Waals surface area contributed by atoms with E-state index >= 15 is 0 Å². The summed E-state index contributed by atoms with van der Waals surface area (Å²) in [5.74, 6) is 0.639. The smallest absolute Gasteiger partial charge is 0.160 e. The van der Waals surface area contributed by atoms with Gasteiger partial charge in [-0.3, -0.25) is 0 Å². The van der Waals surface area contributed by atoms with Crippen LogP contribution in [0.15, 0.2) is 30.6 Å². The van der Waals surface area contributed by atoms with Gasteiger partial charge in [-0.15, -0.1) is 0 Å². The highest BCUT2D eigenvalue weighted by Gasteiger charge is 2.22. The van der Waals surface area contributed by atoms with Crippen molar-refractivity contribution < 1.29 is 5.11 Å². The summed E-state index contributed by atoms with van der Waals surface area (Å²) in [6.07, 6.45) is 1.74. The van der Waals surface area contributed by atoms with Gasteiger partial charge in [0.1, 0.15) is 12.4 Å². The molecule has 2 heterocycles. The zero-order valence-electron chi connectivity index (χ0n) is 8.17. The highest BCUT2D eigenvalue weighted by atomic mass is 16.3. The Morgan fingerprint density at radius 1 is 1.33 bits per heavy atom. The SMILES string of the molecule is OC1c2ccccc2CCn2ncnc21. The molecule has 4 nitrogen and oxygen atoms in total. The van der Waals surface area contributed by atoms with Gasteiger partial charge in [0.15, 0.2) is 5.82 Å². The van der Waals surface area contributed by atoms with E-state index in [-0.39, 0.29) is 0 Å². The molecule has 0 radical (unpaired) electrons. The quantitative estimate of drug-likeness (QED) is 0.689. The number of aromatic nitrogens is 3. The minimum absolute atomic E-state index is 0.639. The lowest BCUT2D eigenvalue weighted by molar-refractivity contribution is 0.205. The van der Waals surface area contributed by atoms with E-state index in [1.807, 2.05) is 24.3 Å². The van der Waals surface area contributed by atoms with Crippen LogP contribution in [-0.2, 0) is 13.0 Å². The van der Waals surface area contributed by atoms with E-state index in [4.69, 9.17) is 0 Å². The molecule has 0 saturated carbocycles. The van der Waals surface area contributed by atoms with Crippen molar-refractivity contribution in [2.75, 3.05) is 0 Å². The number of nitrogens with zero attached hydrogens (tertiary/aromatic N) is 3. The Labute approximate surface area is 87.2 Å². The molecule has 0 bridgehead atoms. The van der Waals surface area contributed by atoms with E-state index in [0.717, 1.165) is 18.5 Å². The van der Waals surface area contributed by atoms with Crippen LogP contribution < -0.4 is 0 Å². The van der Waals surface area contributed by atoms with Gasteiger partial charge in [0.25, 0.3) is 0 Å². The van der Waals surface area contributed by atoms with Crippen molar-refractivity contribution in [2.24, 2.45) is 0 Å². The number of fused-ring (bicyclic) bond motifs is 2. The molecular weight excluding hydrogens is 190 g/mol. The molecule has 2 aromatic rings. The Hall–Kier alpha value is -1.68. The van der Waals surface area contributed by atoms with Crippen molar-refractivity contribution in [3.8, 4) is 0 Å². The van der Waals surface area contributed by atoms with Gasteiger partial charge in [-0.05, 0) is 17.5 Å². The molecule has 0 aliphatic carbocycles. The summed E-state index contributed by atoms with van der Waals surface area (Å²) in [5, 5.41) is 14.3. The fourth-order valence-electron chi connectivity index (χ4n) is 2.05. The molecule has 0 saturated heterocycles. The number of benzene rings is 1. The van der Waals surface area contributed by atoms with Gasteiger partial charge in [-0.25, -0.2) is 9.67 Å². The van der Waals surface area contributed by atoms with E-state index in [1.165, 1.54) is 11.9 Å². The summed E-state index contributed by atoms with van der Waals surface area (Å²) < 4.78 is 1.77. The number of hydrogen-bond donors (Lipinski definition) is 1. The fourth-order valence-corrected chi connectivity index (χ4v) is 2.05. The minimum Gasteiger partial charge on any atom is -0.380 e. The lowest BCUT2D eigenvalue weighted by atomic mass is 10.0. The molecule has 1 aromatic carbocycles. The summed E-state index contributed by atoms with van der Waals surface area (Å²) in [6, 6.07) is 7.93. The minimum atomic E-state index is -0.647. The van der Waals surface area contributed by atoms with E-state index in [0.29, 0.717) is 5.82 Å². The predicted octanol–water partition coefficient (Wildman–Crippen LogP) is 0.916. The molecule has 1 aliphatic rings. The zero-order valence-corrected chi connectivity index (χ0v) is 8.17. The van der Waals surface area contributed by atoms with E-state index < -0.39 is 6.10 Å². The molecule has 76 valence electrons. The molecule has 4 heteroatoms. The summed E-state index contributed by atoms with van der Waals surface area (Å²) in [6.45, 7) is 0.781. The first kappa shape index (κ1) is 8.61. The van der Waals surface area contributed by atoms with Crippen molar-refractivity contribution in [1.82, 2.24) is 14.8 Å². The van der Waals surface area contributed by atoms with Crippen LogP contribution in [0.5, 0.6) is 0 Å². The van der Waals surface area contributed by atoms with E-state index in [9.17, 15) is 5.11 Å². The summed E-state index contributed by atoms with van der Waals surface area (Å²) in [5.41, 5.74) is 2.13. The normalized spacial score (nSPS) is 19.1. The van der Waals surface area contributed by atoms with Crippen molar-refractivity contribution in [3.63, 3.8) is 0 Å². The molecule has 3 rings (SSSR count). The van der Waals surface area contributed by atoms with Crippen LogP contribution in [0.1, 0.15) is 23.1 Å². The van der Waals surface area contributed by atoms with Crippen LogP contribution in [0.2, 0.25) is 0 Å². The third kappa shape index (κ3) is 1.26. The number of aliphatic hydroxyl groups is 1. The van der Waals surface area contributed by atoms with Crippen LogP contribution >= 0.6 is 0 Å². The molecule has 15 heavy (non-hydrogen) atoms. The third-order valence-corrected chi connectivity index (χ3v) is 2.83. The van der Waals surface area contributed by atoms with Gasteiger partial charge in [0.05, 0.1) is 0 Å². The second-order valence-electron chi connectivity index (χ2n) is 3.69. The largest absolute Gasteiger partial charge is 0.380 e. The average molecular weight is 201 g/mol. The first-order valence-corrected chi connectivity index (χ1v) is 5.00. The Balaban J connectivity index is 2.18. The molecule has 1 atom stereocenters. The van der Waals surface area contributed by atoms with Crippen molar-refractivity contribution in [1.29, 1.82) is 0 Å².